The Labute approximate surface area is 167 Å². The molecular weight excluding hydrogens is 360 g/mol. The first-order valence-electron chi connectivity index (χ1n) is 10.2. The van der Waals surface area contributed by atoms with E-state index in [1.165, 1.54) is 7.11 Å². The summed E-state index contributed by atoms with van der Waals surface area (Å²) in [5.41, 5.74) is 0.171. The topological polar surface area (TPSA) is 96.2 Å². The molecule has 0 aromatic carbocycles. The zero-order valence-electron chi connectivity index (χ0n) is 17.6. The summed E-state index contributed by atoms with van der Waals surface area (Å²) in [5.74, 6) is 0.737. The van der Waals surface area contributed by atoms with Crippen molar-refractivity contribution in [3.63, 3.8) is 0 Å². The van der Waals surface area contributed by atoms with Gasteiger partial charge >= 0.3 is 0 Å². The van der Waals surface area contributed by atoms with E-state index in [4.69, 9.17) is 9.47 Å². The van der Waals surface area contributed by atoms with Crippen molar-refractivity contribution in [2.75, 3.05) is 7.11 Å². The van der Waals surface area contributed by atoms with Crippen molar-refractivity contribution in [2.24, 2.45) is 11.8 Å². The van der Waals surface area contributed by atoms with E-state index >= 15 is 0 Å². The molecule has 1 saturated carbocycles. The van der Waals surface area contributed by atoms with Gasteiger partial charge in [-0.05, 0) is 59.3 Å². The second-order valence-corrected chi connectivity index (χ2v) is 9.41. The molecule has 3 rings (SSSR count). The van der Waals surface area contributed by atoms with E-state index in [0.717, 1.165) is 18.4 Å². The molecular formula is C22H34O6. The Bertz CT molecular complexity index is 688. The van der Waals surface area contributed by atoms with Crippen molar-refractivity contribution in [3.8, 4) is 0 Å². The Morgan fingerprint density at radius 2 is 2.14 bits per heavy atom. The van der Waals surface area contributed by atoms with Crippen molar-refractivity contribution in [2.45, 2.75) is 89.3 Å². The van der Waals surface area contributed by atoms with Crippen LogP contribution in [0.3, 0.4) is 0 Å². The van der Waals surface area contributed by atoms with Crippen LogP contribution in [-0.2, 0) is 14.3 Å². The summed E-state index contributed by atoms with van der Waals surface area (Å²) in [7, 11) is 1.49. The number of hydrogen-bond acceptors (Lipinski definition) is 6. The molecule has 2 aliphatic carbocycles. The third kappa shape index (κ3) is 3.80. The highest BCUT2D eigenvalue weighted by molar-refractivity contribution is 6.00. The molecule has 3 N–H and O–H groups in total. The average Bonchev–Trinajstić information content (AvgIpc) is 2.96. The van der Waals surface area contributed by atoms with E-state index < -0.39 is 29.5 Å². The van der Waals surface area contributed by atoms with E-state index in [2.05, 4.69) is 6.92 Å². The molecule has 6 atom stereocenters. The van der Waals surface area contributed by atoms with Crippen molar-refractivity contribution >= 4 is 5.78 Å². The normalized spacial score (nSPS) is 37.4. The molecule has 0 aromatic heterocycles. The fraction of sp³-hybridized carbons (Fsp3) is 0.773. The van der Waals surface area contributed by atoms with Gasteiger partial charge in [0.15, 0.2) is 5.78 Å². The maximum absolute atomic E-state index is 12.8. The quantitative estimate of drug-likeness (QED) is 0.619. The van der Waals surface area contributed by atoms with Crippen LogP contribution in [0, 0.1) is 11.8 Å². The van der Waals surface area contributed by atoms with Crippen LogP contribution in [0.15, 0.2) is 23.0 Å². The minimum atomic E-state index is -1.14. The van der Waals surface area contributed by atoms with E-state index in [9.17, 15) is 20.1 Å². The maximum atomic E-state index is 12.8. The van der Waals surface area contributed by atoms with E-state index in [1.54, 1.807) is 13.8 Å². The number of carbonyl (C=O) groups excluding carboxylic acids is 1. The first-order valence-corrected chi connectivity index (χ1v) is 10.2. The number of aliphatic hydroxyl groups excluding tert-OH is 2. The Morgan fingerprint density at radius 1 is 1.46 bits per heavy atom. The summed E-state index contributed by atoms with van der Waals surface area (Å²) in [6, 6.07) is 0. The lowest BCUT2D eigenvalue weighted by molar-refractivity contribution is -0.135. The van der Waals surface area contributed by atoms with Crippen LogP contribution in [-0.4, -0.2) is 57.7 Å². The molecule has 158 valence electrons. The predicted octanol–water partition coefficient (Wildman–Crippen LogP) is 2.26. The van der Waals surface area contributed by atoms with E-state index in [0.29, 0.717) is 24.2 Å². The first-order chi connectivity index (χ1) is 13.0. The first kappa shape index (κ1) is 21.5. The van der Waals surface area contributed by atoms with Gasteiger partial charge in [0.25, 0.3) is 0 Å². The molecule has 0 amide bonds. The molecule has 1 heterocycles. The van der Waals surface area contributed by atoms with Gasteiger partial charge in [0.1, 0.15) is 23.6 Å². The van der Waals surface area contributed by atoms with Crippen molar-refractivity contribution in [3.05, 3.63) is 23.0 Å². The van der Waals surface area contributed by atoms with Gasteiger partial charge in [0, 0.05) is 25.0 Å². The van der Waals surface area contributed by atoms with Gasteiger partial charge in [-0.1, -0.05) is 11.6 Å². The molecule has 1 unspecified atom stereocenters. The summed E-state index contributed by atoms with van der Waals surface area (Å²) in [6.45, 7) is 7.32. The average molecular weight is 395 g/mol. The monoisotopic (exact) mass is 394 g/mol. The van der Waals surface area contributed by atoms with Crippen LogP contribution in [0.1, 0.15) is 59.8 Å². The van der Waals surface area contributed by atoms with Crippen molar-refractivity contribution < 1.29 is 29.6 Å². The number of hydrogen-bond donors (Lipinski definition) is 3. The SMILES string of the molecule is CO[C@H]1C[C@H](O)C2=C(C[C@H]3[C@H](/C(C)=C\CC(O)C(C)(C)O)CC[C@@]3(C)O2)C1=O. The summed E-state index contributed by atoms with van der Waals surface area (Å²) in [4.78, 5) is 12.8. The number of aliphatic hydroxyl groups is 3. The van der Waals surface area contributed by atoms with Crippen LogP contribution in [0.5, 0.6) is 0 Å². The molecule has 0 saturated heterocycles. The van der Waals surface area contributed by atoms with Crippen LogP contribution in [0.4, 0.5) is 0 Å². The number of methoxy groups -OCH3 is 1. The Hall–Kier alpha value is -1.21. The van der Waals surface area contributed by atoms with Gasteiger partial charge in [-0.15, -0.1) is 0 Å². The minimum Gasteiger partial charge on any atom is -0.488 e. The number of ketones is 1. The highest BCUT2D eigenvalue weighted by atomic mass is 16.5. The number of Topliss-reactive ketones (excluding diaryl/α,β-unsaturated/α-hetero) is 1. The summed E-state index contributed by atoms with van der Waals surface area (Å²) in [5, 5.41) is 30.5. The van der Waals surface area contributed by atoms with Gasteiger partial charge < -0.3 is 24.8 Å². The van der Waals surface area contributed by atoms with E-state index in [1.807, 2.05) is 13.0 Å². The molecule has 0 bridgehead atoms. The Balaban J connectivity index is 1.82. The highest BCUT2D eigenvalue weighted by Gasteiger charge is 2.54. The zero-order valence-corrected chi connectivity index (χ0v) is 17.6. The van der Waals surface area contributed by atoms with Gasteiger partial charge in [-0.25, -0.2) is 0 Å². The number of rotatable bonds is 5. The number of ether oxygens (including phenoxy) is 2. The summed E-state index contributed by atoms with van der Waals surface area (Å²) >= 11 is 0. The molecule has 0 spiro atoms. The fourth-order valence-corrected chi connectivity index (χ4v) is 4.96. The molecule has 1 fully saturated rings. The van der Waals surface area contributed by atoms with Crippen LogP contribution >= 0.6 is 0 Å². The standard InChI is InChI=1S/C22H34O6/c1-12(6-7-18(24)21(2,3)26)13-8-9-22(4)15(13)10-14-19(25)17(27-5)11-16(23)20(14)28-22/h6,13,15-18,23-24,26H,7-11H2,1-5H3/b12-6-/t13-,15-,16-,17-,18?,22+/m0/s1. The maximum Gasteiger partial charge on any atom is 0.191 e. The Kier molecular flexibility index (Phi) is 5.80. The molecule has 0 aromatic rings. The van der Waals surface area contributed by atoms with Gasteiger partial charge in [-0.2, -0.15) is 0 Å². The third-order valence-electron chi connectivity index (χ3n) is 6.96. The van der Waals surface area contributed by atoms with Gasteiger partial charge in [0.05, 0.1) is 11.7 Å². The number of allylic oxidation sites excluding steroid dienone is 1. The van der Waals surface area contributed by atoms with Gasteiger partial charge in [-0.3, -0.25) is 4.79 Å². The predicted molar refractivity (Wildman–Crippen MR) is 104 cm³/mol. The Morgan fingerprint density at radius 3 is 2.75 bits per heavy atom. The van der Waals surface area contributed by atoms with Gasteiger partial charge in [0.2, 0.25) is 0 Å². The largest absolute Gasteiger partial charge is 0.488 e. The second kappa shape index (κ2) is 7.56. The molecule has 0 radical (unpaired) electrons. The van der Waals surface area contributed by atoms with E-state index in [-0.39, 0.29) is 24.0 Å². The number of carbonyl (C=O) groups is 1. The lowest BCUT2D eigenvalue weighted by Gasteiger charge is -2.44. The molecule has 6 nitrogen and oxygen atoms in total. The minimum absolute atomic E-state index is 0.0745. The summed E-state index contributed by atoms with van der Waals surface area (Å²) in [6.07, 6.45) is 2.75. The lowest BCUT2D eigenvalue weighted by atomic mass is 9.73. The zero-order chi connectivity index (χ0) is 20.9. The lowest BCUT2D eigenvalue weighted by Crippen LogP contribution is -2.47. The van der Waals surface area contributed by atoms with Crippen LogP contribution in [0.2, 0.25) is 0 Å². The molecule has 1 aliphatic heterocycles. The second-order valence-electron chi connectivity index (χ2n) is 9.41. The number of fused-ring (bicyclic) bond motifs is 1. The van der Waals surface area contributed by atoms with Crippen LogP contribution in [0.25, 0.3) is 0 Å². The van der Waals surface area contributed by atoms with Crippen molar-refractivity contribution in [1.29, 1.82) is 0 Å². The highest BCUT2D eigenvalue weighted by Crippen LogP contribution is 2.54. The smallest absolute Gasteiger partial charge is 0.191 e. The van der Waals surface area contributed by atoms with Crippen LogP contribution < -0.4 is 0 Å². The molecule has 3 aliphatic rings. The molecule has 28 heavy (non-hydrogen) atoms. The third-order valence-corrected chi connectivity index (χ3v) is 6.96. The summed E-state index contributed by atoms with van der Waals surface area (Å²) < 4.78 is 11.5. The van der Waals surface area contributed by atoms with Crippen molar-refractivity contribution in [1.82, 2.24) is 0 Å². The fourth-order valence-electron chi connectivity index (χ4n) is 4.96. The molecule has 6 heteroatoms.